The Morgan fingerprint density at radius 2 is 1.84 bits per heavy atom. The zero-order chi connectivity index (χ0) is 22.9. The number of carbonyl (C=O) groups excluding carboxylic acids is 2. The Labute approximate surface area is 191 Å². The van der Waals surface area contributed by atoms with Gasteiger partial charge in [0, 0.05) is 12.5 Å². The van der Waals surface area contributed by atoms with E-state index in [1.54, 1.807) is 24.3 Å². The lowest BCUT2D eigenvalue weighted by molar-refractivity contribution is -0.142. The Bertz CT molecular complexity index is 839. The van der Waals surface area contributed by atoms with Gasteiger partial charge in [0.05, 0.1) is 19.9 Å². The summed E-state index contributed by atoms with van der Waals surface area (Å²) in [6.45, 7) is 4.44. The highest BCUT2D eigenvalue weighted by Crippen LogP contribution is 2.28. The van der Waals surface area contributed by atoms with Crippen LogP contribution in [-0.2, 0) is 16.1 Å². The Balaban J connectivity index is 1.92. The topological polar surface area (TPSA) is 71.8 Å². The molecule has 1 unspecified atom stereocenters. The van der Waals surface area contributed by atoms with E-state index in [-0.39, 0.29) is 24.4 Å². The van der Waals surface area contributed by atoms with Gasteiger partial charge in [-0.15, -0.1) is 0 Å². The molecule has 1 fully saturated rings. The lowest BCUT2D eigenvalue weighted by atomic mass is 9.94. The van der Waals surface area contributed by atoms with Gasteiger partial charge in [-0.1, -0.05) is 45.2 Å². The highest BCUT2D eigenvalue weighted by atomic mass is 16.5. The van der Waals surface area contributed by atoms with Gasteiger partial charge >= 0.3 is 0 Å². The molecular weight excluding hydrogens is 404 g/mol. The first-order valence-electron chi connectivity index (χ1n) is 11.7. The summed E-state index contributed by atoms with van der Waals surface area (Å²) < 4.78 is 10.8. The van der Waals surface area contributed by atoms with Gasteiger partial charge in [-0.25, -0.2) is 0 Å². The maximum atomic E-state index is 13.6. The van der Waals surface area contributed by atoms with Gasteiger partial charge in [-0.05, 0) is 55.0 Å². The number of carbonyl (C=O) groups is 2. The number of ether oxygens (including phenoxy) is 1. The number of rotatable bonds is 10. The van der Waals surface area contributed by atoms with Crippen LogP contribution in [0.1, 0.15) is 76.2 Å². The summed E-state index contributed by atoms with van der Waals surface area (Å²) in [4.78, 5) is 28.7. The van der Waals surface area contributed by atoms with Crippen molar-refractivity contribution in [2.45, 2.75) is 77.4 Å². The number of furan rings is 1. The van der Waals surface area contributed by atoms with Gasteiger partial charge in [0.2, 0.25) is 11.8 Å². The van der Waals surface area contributed by atoms with Crippen LogP contribution in [0.5, 0.6) is 5.75 Å². The molecule has 0 radical (unpaired) electrons. The van der Waals surface area contributed by atoms with E-state index in [1.165, 1.54) is 6.42 Å². The average Bonchev–Trinajstić information content (AvgIpc) is 3.31. The Morgan fingerprint density at radius 3 is 2.44 bits per heavy atom. The van der Waals surface area contributed by atoms with E-state index < -0.39 is 6.04 Å². The molecule has 0 saturated heterocycles. The Hall–Kier alpha value is -2.76. The number of nitrogens with one attached hydrogen (secondary N) is 1. The van der Waals surface area contributed by atoms with Crippen molar-refractivity contribution >= 4 is 11.8 Å². The van der Waals surface area contributed by atoms with Crippen molar-refractivity contribution in [1.82, 2.24) is 10.2 Å². The van der Waals surface area contributed by atoms with E-state index in [0.717, 1.165) is 37.7 Å². The molecule has 3 rings (SSSR count). The molecule has 1 aliphatic carbocycles. The number of hydrogen-bond acceptors (Lipinski definition) is 4. The molecular formula is C26H36N2O4. The predicted octanol–water partition coefficient (Wildman–Crippen LogP) is 5.24. The van der Waals surface area contributed by atoms with Gasteiger partial charge in [-0.2, -0.15) is 0 Å². The predicted molar refractivity (Wildman–Crippen MR) is 124 cm³/mol. The molecule has 6 heteroatoms. The van der Waals surface area contributed by atoms with Gasteiger partial charge in [0.1, 0.15) is 17.6 Å². The van der Waals surface area contributed by atoms with E-state index >= 15 is 0 Å². The molecule has 1 aromatic carbocycles. The highest BCUT2D eigenvalue weighted by Gasteiger charge is 2.33. The molecule has 1 saturated carbocycles. The van der Waals surface area contributed by atoms with Crippen molar-refractivity contribution in [1.29, 1.82) is 0 Å². The molecule has 6 nitrogen and oxygen atoms in total. The molecule has 32 heavy (non-hydrogen) atoms. The Morgan fingerprint density at radius 1 is 1.12 bits per heavy atom. The molecule has 1 N–H and O–H groups in total. The van der Waals surface area contributed by atoms with Gasteiger partial charge < -0.3 is 19.4 Å². The first kappa shape index (κ1) is 23.9. The lowest BCUT2D eigenvalue weighted by Crippen LogP contribution is -2.46. The maximum Gasteiger partial charge on any atom is 0.247 e. The zero-order valence-corrected chi connectivity index (χ0v) is 19.5. The standard InChI is InChI=1S/C26H36N2O4/c1-19(2)11-16-24(29)28(18-23-10-7-17-32-23)25(20-12-14-22(31-3)15-13-20)26(30)27-21-8-5-4-6-9-21/h7,10,12-15,17,19,21,25H,4-6,8-9,11,16,18H2,1-3H3,(H,27,30). The minimum Gasteiger partial charge on any atom is -0.497 e. The second kappa shape index (κ2) is 11.7. The zero-order valence-electron chi connectivity index (χ0n) is 19.5. The fraction of sp³-hybridized carbons (Fsp3) is 0.538. The second-order valence-electron chi connectivity index (χ2n) is 9.05. The molecule has 1 atom stereocenters. The third-order valence-corrected chi connectivity index (χ3v) is 6.11. The number of nitrogens with zero attached hydrogens (tertiary/aromatic N) is 1. The van der Waals surface area contributed by atoms with Gasteiger partial charge in [-0.3, -0.25) is 9.59 Å². The van der Waals surface area contributed by atoms with Crippen LogP contribution in [0.2, 0.25) is 0 Å². The Kier molecular flexibility index (Phi) is 8.77. The van der Waals surface area contributed by atoms with E-state index in [1.807, 2.05) is 30.3 Å². The monoisotopic (exact) mass is 440 g/mol. The summed E-state index contributed by atoms with van der Waals surface area (Å²) >= 11 is 0. The third-order valence-electron chi connectivity index (χ3n) is 6.11. The summed E-state index contributed by atoms with van der Waals surface area (Å²) in [6.07, 6.45) is 8.20. The molecule has 1 aromatic heterocycles. The maximum absolute atomic E-state index is 13.6. The smallest absolute Gasteiger partial charge is 0.247 e. The van der Waals surface area contributed by atoms with Crippen molar-refractivity contribution in [2.75, 3.05) is 7.11 Å². The molecule has 2 aromatic rings. The first-order chi connectivity index (χ1) is 15.5. The molecule has 0 bridgehead atoms. The number of amides is 2. The van der Waals surface area contributed by atoms with Gasteiger partial charge in [0.25, 0.3) is 0 Å². The summed E-state index contributed by atoms with van der Waals surface area (Å²) in [5, 5.41) is 3.23. The summed E-state index contributed by atoms with van der Waals surface area (Å²) in [7, 11) is 1.61. The van der Waals surface area contributed by atoms with E-state index in [4.69, 9.17) is 9.15 Å². The van der Waals surface area contributed by atoms with E-state index in [9.17, 15) is 9.59 Å². The van der Waals surface area contributed by atoms with Crippen molar-refractivity contribution < 1.29 is 18.7 Å². The highest BCUT2D eigenvalue weighted by molar-refractivity contribution is 5.89. The van der Waals surface area contributed by atoms with Crippen LogP contribution in [0.15, 0.2) is 47.1 Å². The second-order valence-corrected chi connectivity index (χ2v) is 9.05. The molecule has 1 heterocycles. The van der Waals surface area contributed by atoms with Crippen molar-refractivity contribution in [3.8, 4) is 5.75 Å². The fourth-order valence-electron chi connectivity index (χ4n) is 4.24. The third kappa shape index (κ3) is 6.62. The minimum atomic E-state index is -0.729. The summed E-state index contributed by atoms with van der Waals surface area (Å²) in [5.41, 5.74) is 0.767. The van der Waals surface area contributed by atoms with Crippen LogP contribution in [0.3, 0.4) is 0 Å². The van der Waals surface area contributed by atoms with Crippen LogP contribution in [-0.4, -0.2) is 29.9 Å². The van der Waals surface area contributed by atoms with Crippen molar-refractivity contribution in [3.05, 3.63) is 54.0 Å². The van der Waals surface area contributed by atoms with Crippen LogP contribution in [0, 0.1) is 5.92 Å². The molecule has 0 spiro atoms. The van der Waals surface area contributed by atoms with Crippen molar-refractivity contribution in [2.24, 2.45) is 5.92 Å². The van der Waals surface area contributed by atoms with Crippen molar-refractivity contribution in [3.63, 3.8) is 0 Å². The molecule has 174 valence electrons. The SMILES string of the molecule is COc1ccc(C(C(=O)NC2CCCCC2)N(Cc2ccco2)C(=O)CCC(C)C)cc1. The molecule has 0 aliphatic heterocycles. The summed E-state index contributed by atoms with van der Waals surface area (Å²) in [5.74, 6) is 1.59. The quantitative estimate of drug-likeness (QED) is 0.548. The number of benzene rings is 1. The fourth-order valence-corrected chi connectivity index (χ4v) is 4.24. The van der Waals surface area contributed by atoms with Crippen LogP contribution in [0.4, 0.5) is 0 Å². The molecule has 2 amide bonds. The van der Waals surface area contributed by atoms with Gasteiger partial charge in [0.15, 0.2) is 0 Å². The molecule has 1 aliphatic rings. The largest absolute Gasteiger partial charge is 0.497 e. The lowest BCUT2D eigenvalue weighted by Gasteiger charge is -2.33. The van der Waals surface area contributed by atoms with Crippen LogP contribution < -0.4 is 10.1 Å². The summed E-state index contributed by atoms with van der Waals surface area (Å²) in [6, 6.07) is 10.5. The number of methoxy groups -OCH3 is 1. The first-order valence-corrected chi connectivity index (χ1v) is 11.7. The normalized spacial score (nSPS) is 15.4. The van der Waals surface area contributed by atoms with Crippen LogP contribution in [0.25, 0.3) is 0 Å². The number of hydrogen-bond donors (Lipinski definition) is 1. The van der Waals surface area contributed by atoms with Crippen LogP contribution >= 0.6 is 0 Å². The average molecular weight is 441 g/mol. The van der Waals surface area contributed by atoms with E-state index in [0.29, 0.717) is 23.8 Å². The van der Waals surface area contributed by atoms with E-state index in [2.05, 4.69) is 19.2 Å². The minimum absolute atomic E-state index is 0.0466.